The Morgan fingerprint density at radius 2 is 2.00 bits per heavy atom. The molecule has 1 saturated carbocycles. The molecule has 1 fully saturated rings. The first-order valence-electron chi connectivity index (χ1n) is 5.10. The molecular weight excluding hydrogens is 202 g/mol. The van der Waals surface area contributed by atoms with E-state index in [1.165, 1.54) is 20.0 Å². The number of sulfonamides is 1. The molecule has 0 spiro atoms. The molecule has 4 nitrogen and oxygen atoms in total. The van der Waals surface area contributed by atoms with Crippen LogP contribution in [0, 0.1) is 5.92 Å². The van der Waals surface area contributed by atoms with Gasteiger partial charge in [-0.1, -0.05) is 12.8 Å². The van der Waals surface area contributed by atoms with Crippen LogP contribution in [0.15, 0.2) is 0 Å². The van der Waals surface area contributed by atoms with Gasteiger partial charge in [-0.15, -0.1) is 0 Å². The fraction of sp³-hybridized carbons (Fsp3) is 1.00. The second kappa shape index (κ2) is 5.68. The summed E-state index contributed by atoms with van der Waals surface area (Å²) < 4.78 is 30.1. The van der Waals surface area contributed by atoms with Gasteiger partial charge in [0.05, 0.1) is 12.4 Å². The van der Waals surface area contributed by atoms with Gasteiger partial charge >= 0.3 is 0 Å². The van der Waals surface area contributed by atoms with E-state index in [9.17, 15) is 8.42 Å². The maximum atomic E-state index is 11.4. The van der Waals surface area contributed by atoms with Gasteiger partial charge in [0.2, 0.25) is 10.0 Å². The molecule has 1 aliphatic rings. The molecule has 0 aliphatic heterocycles. The van der Waals surface area contributed by atoms with E-state index in [1.54, 1.807) is 0 Å². The van der Waals surface area contributed by atoms with Crippen molar-refractivity contribution in [1.82, 2.24) is 4.72 Å². The van der Waals surface area contributed by atoms with Gasteiger partial charge in [-0.3, -0.25) is 0 Å². The van der Waals surface area contributed by atoms with Crippen molar-refractivity contribution in [3.8, 4) is 0 Å². The minimum atomic E-state index is -3.11. The van der Waals surface area contributed by atoms with Crippen LogP contribution in [-0.4, -0.2) is 34.4 Å². The molecule has 0 unspecified atom stereocenters. The largest absolute Gasteiger partial charge is 0.384 e. The van der Waals surface area contributed by atoms with E-state index in [2.05, 4.69) is 4.72 Å². The number of nitrogens with one attached hydrogen (secondary N) is 1. The normalized spacial score (nSPS) is 18.9. The molecule has 0 saturated heterocycles. The summed E-state index contributed by atoms with van der Waals surface area (Å²) in [5.74, 6) is 0.614. The predicted molar refractivity (Wildman–Crippen MR) is 55.6 cm³/mol. The fourth-order valence-electron chi connectivity index (χ4n) is 1.72. The highest BCUT2D eigenvalue weighted by Crippen LogP contribution is 2.23. The second-order valence-electron chi connectivity index (χ2n) is 3.81. The van der Waals surface area contributed by atoms with Crippen molar-refractivity contribution in [3.63, 3.8) is 0 Å². The number of ether oxygens (including phenoxy) is 1. The zero-order chi connectivity index (χ0) is 10.4. The van der Waals surface area contributed by atoms with Crippen LogP contribution in [0.25, 0.3) is 0 Å². The van der Waals surface area contributed by atoms with E-state index < -0.39 is 10.0 Å². The van der Waals surface area contributed by atoms with Gasteiger partial charge in [0.25, 0.3) is 0 Å². The van der Waals surface area contributed by atoms with Crippen molar-refractivity contribution < 1.29 is 13.2 Å². The van der Waals surface area contributed by atoms with Crippen molar-refractivity contribution in [2.45, 2.75) is 25.7 Å². The first-order chi connectivity index (χ1) is 6.64. The first kappa shape index (κ1) is 11.9. The summed E-state index contributed by atoms with van der Waals surface area (Å²) in [6, 6.07) is 0. The molecule has 0 radical (unpaired) electrons. The van der Waals surface area contributed by atoms with Crippen molar-refractivity contribution in [2.75, 3.05) is 26.0 Å². The standard InChI is InChI=1S/C9H19NO3S/c1-13-6-7-14(11,12)10-8-9-4-2-3-5-9/h9-10H,2-8H2,1H3. The lowest BCUT2D eigenvalue weighted by Gasteiger charge is -2.10. The van der Waals surface area contributed by atoms with E-state index >= 15 is 0 Å². The van der Waals surface area contributed by atoms with Crippen LogP contribution >= 0.6 is 0 Å². The molecular formula is C9H19NO3S. The average Bonchev–Trinajstić information content (AvgIpc) is 2.64. The third-order valence-electron chi connectivity index (χ3n) is 2.62. The summed E-state index contributed by atoms with van der Waals surface area (Å²) in [7, 11) is -1.60. The van der Waals surface area contributed by atoms with Gasteiger partial charge < -0.3 is 4.74 Å². The molecule has 1 aliphatic carbocycles. The Morgan fingerprint density at radius 3 is 2.57 bits per heavy atom. The molecule has 0 heterocycles. The summed E-state index contributed by atoms with van der Waals surface area (Å²) in [5.41, 5.74) is 0. The first-order valence-corrected chi connectivity index (χ1v) is 6.75. The maximum absolute atomic E-state index is 11.4. The lowest BCUT2D eigenvalue weighted by atomic mass is 10.1. The quantitative estimate of drug-likeness (QED) is 0.720. The van der Waals surface area contributed by atoms with Gasteiger partial charge in [0, 0.05) is 13.7 Å². The Hall–Kier alpha value is -0.130. The minimum absolute atomic E-state index is 0.0657. The smallest absolute Gasteiger partial charge is 0.213 e. The molecule has 84 valence electrons. The molecule has 14 heavy (non-hydrogen) atoms. The van der Waals surface area contributed by atoms with E-state index in [-0.39, 0.29) is 12.4 Å². The maximum Gasteiger partial charge on any atom is 0.213 e. The molecule has 0 atom stereocenters. The number of methoxy groups -OCH3 is 1. The average molecular weight is 221 g/mol. The Balaban J connectivity index is 2.21. The summed E-state index contributed by atoms with van der Waals surface area (Å²) in [6.07, 6.45) is 4.80. The van der Waals surface area contributed by atoms with E-state index in [1.807, 2.05) is 0 Å². The highest BCUT2D eigenvalue weighted by Gasteiger charge is 2.17. The highest BCUT2D eigenvalue weighted by atomic mass is 32.2. The zero-order valence-electron chi connectivity index (χ0n) is 8.66. The Kier molecular flexibility index (Phi) is 4.84. The molecule has 1 N–H and O–H groups in total. The van der Waals surface area contributed by atoms with Crippen LogP contribution in [0.5, 0.6) is 0 Å². The van der Waals surface area contributed by atoms with Crippen molar-refractivity contribution in [2.24, 2.45) is 5.92 Å². The van der Waals surface area contributed by atoms with Gasteiger partial charge in [-0.25, -0.2) is 13.1 Å². The molecule has 0 aromatic heterocycles. The third kappa shape index (κ3) is 4.39. The second-order valence-corrected chi connectivity index (χ2v) is 5.74. The zero-order valence-corrected chi connectivity index (χ0v) is 9.48. The number of rotatable bonds is 6. The minimum Gasteiger partial charge on any atom is -0.384 e. The molecule has 0 bridgehead atoms. The van der Waals surface area contributed by atoms with E-state index in [0.29, 0.717) is 12.5 Å². The SMILES string of the molecule is COCCS(=O)(=O)NCC1CCCC1. The van der Waals surface area contributed by atoms with Crippen molar-refractivity contribution >= 4 is 10.0 Å². The van der Waals surface area contributed by atoms with Crippen LogP contribution in [0.1, 0.15) is 25.7 Å². The Labute approximate surface area is 86.1 Å². The molecule has 0 aromatic rings. The topological polar surface area (TPSA) is 55.4 Å². The molecule has 5 heteroatoms. The molecule has 1 rings (SSSR count). The fourth-order valence-corrected chi connectivity index (χ4v) is 2.74. The van der Waals surface area contributed by atoms with Crippen molar-refractivity contribution in [3.05, 3.63) is 0 Å². The van der Waals surface area contributed by atoms with Crippen LogP contribution in [0.4, 0.5) is 0 Å². The lowest BCUT2D eigenvalue weighted by Crippen LogP contribution is -2.31. The number of hydrogen-bond donors (Lipinski definition) is 1. The van der Waals surface area contributed by atoms with Gasteiger partial charge in [-0.05, 0) is 18.8 Å². The highest BCUT2D eigenvalue weighted by molar-refractivity contribution is 7.89. The summed E-state index contributed by atoms with van der Waals surface area (Å²) in [4.78, 5) is 0. The van der Waals surface area contributed by atoms with Crippen LogP contribution in [-0.2, 0) is 14.8 Å². The van der Waals surface area contributed by atoms with Crippen LogP contribution < -0.4 is 4.72 Å². The monoisotopic (exact) mass is 221 g/mol. The van der Waals surface area contributed by atoms with Crippen LogP contribution in [0.3, 0.4) is 0 Å². The molecule has 0 amide bonds. The Morgan fingerprint density at radius 1 is 1.36 bits per heavy atom. The lowest BCUT2D eigenvalue weighted by molar-refractivity contribution is 0.217. The third-order valence-corrected chi connectivity index (χ3v) is 3.93. The summed E-state index contributed by atoms with van der Waals surface area (Å²) in [5, 5.41) is 0. The van der Waals surface area contributed by atoms with Gasteiger partial charge in [-0.2, -0.15) is 0 Å². The van der Waals surface area contributed by atoms with E-state index in [4.69, 9.17) is 4.74 Å². The molecule has 0 aromatic carbocycles. The summed E-state index contributed by atoms with van der Waals surface area (Å²) >= 11 is 0. The van der Waals surface area contributed by atoms with Crippen LogP contribution in [0.2, 0.25) is 0 Å². The van der Waals surface area contributed by atoms with Gasteiger partial charge in [0.15, 0.2) is 0 Å². The van der Waals surface area contributed by atoms with Crippen molar-refractivity contribution in [1.29, 1.82) is 0 Å². The van der Waals surface area contributed by atoms with E-state index in [0.717, 1.165) is 12.8 Å². The number of hydrogen-bond acceptors (Lipinski definition) is 3. The Bertz CT molecular complexity index is 245. The summed E-state index contributed by atoms with van der Waals surface area (Å²) in [6.45, 7) is 0.867. The van der Waals surface area contributed by atoms with Gasteiger partial charge in [0.1, 0.15) is 0 Å². The predicted octanol–water partition coefficient (Wildman–Crippen LogP) is 0.742.